The topological polar surface area (TPSA) is 108 Å². The van der Waals surface area contributed by atoms with Gasteiger partial charge in [0.1, 0.15) is 22.4 Å². The molecule has 0 aliphatic carbocycles. The Morgan fingerprint density at radius 3 is 2.46 bits per heavy atom. The van der Waals surface area contributed by atoms with Crippen molar-refractivity contribution in [3.05, 3.63) is 52.6 Å². The number of benzene rings is 1. The molecule has 1 aliphatic heterocycles. The zero-order valence-electron chi connectivity index (χ0n) is 13.0. The summed E-state index contributed by atoms with van der Waals surface area (Å²) in [6, 6.07) is 9.54. The summed E-state index contributed by atoms with van der Waals surface area (Å²) in [4.78, 5) is 35.2. The van der Waals surface area contributed by atoms with Gasteiger partial charge in [0.05, 0.1) is 10.5 Å². The smallest absolute Gasteiger partial charge is 0.335 e. The number of carbonyl (C=O) groups is 3. The molecule has 26 heavy (non-hydrogen) atoms. The molecule has 0 radical (unpaired) electrons. The zero-order valence-corrected chi connectivity index (χ0v) is 14.7. The molecule has 0 bridgehead atoms. The Kier molecular flexibility index (Phi) is 4.92. The molecule has 2 N–H and O–H groups in total. The van der Waals surface area contributed by atoms with Crippen LogP contribution in [0.2, 0.25) is 0 Å². The van der Waals surface area contributed by atoms with Crippen LogP contribution in [-0.2, 0) is 9.59 Å². The number of thiocarbonyl (C=S) groups is 1. The van der Waals surface area contributed by atoms with E-state index in [1.165, 1.54) is 18.2 Å². The molecule has 1 fully saturated rings. The molecular weight excluding hydrogens is 378 g/mol. The highest BCUT2D eigenvalue weighted by Crippen LogP contribution is 2.33. The number of rotatable bonds is 5. The summed E-state index contributed by atoms with van der Waals surface area (Å²) in [5, 5.41) is 17.7. The number of carboxylic acids is 2. The fourth-order valence-corrected chi connectivity index (χ4v) is 3.50. The number of carbonyl (C=O) groups excluding carboxylic acids is 1. The van der Waals surface area contributed by atoms with Gasteiger partial charge < -0.3 is 14.6 Å². The number of carboxylic acid groups (broad SMARTS) is 2. The predicted octanol–water partition coefficient (Wildman–Crippen LogP) is 2.93. The largest absolute Gasteiger partial charge is 0.480 e. The molecule has 2 aromatic rings. The van der Waals surface area contributed by atoms with Crippen molar-refractivity contribution < 1.29 is 29.0 Å². The maximum atomic E-state index is 12.2. The van der Waals surface area contributed by atoms with E-state index in [9.17, 15) is 14.4 Å². The molecule has 0 unspecified atom stereocenters. The minimum atomic E-state index is -1.15. The van der Waals surface area contributed by atoms with E-state index in [1.807, 2.05) is 0 Å². The first kappa shape index (κ1) is 17.9. The number of thioether (sulfide) groups is 1. The molecular formula is C17H11NO6S2. The average Bonchev–Trinajstić information content (AvgIpc) is 3.15. The summed E-state index contributed by atoms with van der Waals surface area (Å²) in [7, 11) is 0. The maximum Gasteiger partial charge on any atom is 0.335 e. The van der Waals surface area contributed by atoms with Crippen molar-refractivity contribution >= 4 is 52.2 Å². The molecule has 7 nitrogen and oxygen atoms in total. The van der Waals surface area contributed by atoms with Crippen molar-refractivity contribution in [3.8, 4) is 11.3 Å². The molecule has 0 atom stereocenters. The van der Waals surface area contributed by atoms with E-state index in [0.29, 0.717) is 17.1 Å². The first-order chi connectivity index (χ1) is 12.3. The van der Waals surface area contributed by atoms with Crippen molar-refractivity contribution in [2.24, 2.45) is 0 Å². The first-order valence-corrected chi connectivity index (χ1v) is 8.48. The Balaban J connectivity index is 1.81. The van der Waals surface area contributed by atoms with Crippen LogP contribution in [-0.4, -0.2) is 43.8 Å². The van der Waals surface area contributed by atoms with Gasteiger partial charge in [-0.2, -0.15) is 0 Å². The average molecular weight is 389 g/mol. The lowest BCUT2D eigenvalue weighted by atomic mass is 10.1. The molecule has 0 saturated carbocycles. The Hall–Kier alpha value is -2.91. The fourth-order valence-electron chi connectivity index (χ4n) is 2.26. The molecule has 1 aromatic carbocycles. The van der Waals surface area contributed by atoms with Crippen LogP contribution in [0.3, 0.4) is 0 Å². The molecule has 1 aromatic heterocycles. The van der Waals surface area contributed by atoms with E-state index in [0.717, 1.165) is 16.7 Å². The van der Waals surface area contributed by atoms with Crippen molar-refractivity contribution in [1.29, 1.82) is 0 Å². The molecule has 1 aliphatic rings. The Bertz CT molecular complexity index is 944. The second-order valence-corrected chi connectivity index (χ2v) is 6.92. The van der Waals surface area contributed by atoms with E-state index in [2.05, 4.69) is 0 Å². The van der Waals surface area contributed by atoms with Crippen LogP contribution in [0.25, 0.3) is 17.4 Å². The minimum absolute atomic E-state index is 0.169. The van der Waals surface area contributed by atoms with Gasteiger partial charge in [-0.25, -0.2) is 4.79 Å². The molecule has 9 heteroatoms. The number of nitrogens with zero attached hydrogens (tertiary/aromatic N) is 1. The van der Waals surface area contributed by atoms with Gasteiger partial charge in [0.15, 0.2) is 0 Å². The number of amides is 1. The normalized spacial score (nSPS) is 15.7. The summed E-state index contributed by atoms with van der Waals surface area (Å²) < 4.78 is 5.84. The van der Waals surface area contributed by atoms with E-state index >= 15 is 0 Å². The molecule has 132 valence electrons. The first-order valence-electron chi connectivity index (χ1n) is 7.26. The van der Waals surface area contributed by atoms with Crippen LogP contribution >= 0.6 is 24.0 Å². The van der Waals surface area contributed by atoms with Crippen molar-refractivity contribution in [1.82, 2.24) is 4.90 Å². The number of hydrogen-bond acceptors (Lipinski definition) is 6. The molecule has 0 spiro atoms. The highest BCUT2D eigenvalue weighted by atomic mass is 32.2. The lowest BCUT2D eigenvalue weighted by molar-refractivity contribution is -0.140. The second kappa shape index (κ2) is 7.14. The zero-order chi connectivity index (χ0) is 18.8. The van der Waals surface area contributed by atoms with Gasteiger partial charge in [0.2, 0.25) is 0 Å². The third kappa shape index (κ3) is 3.68. The Morgan fingerprint density at radius 2 is 1.85 bits per heavy atom. The summed E-state index contributed by atoms with van der Waals surface area (Å²) >= 11 is 6.04. The van der Waals surface area contributed by atoms with Gasteiger partial charge in [-0.1, -0.05) is 36.1 Å². The summed E-state index contributed by atoms with van der Waals surface area (Å²) in [5.41, 5.74) is 0.857. The van der Waals surface area contributed by atoms with E-state index in [-0.39, 0.29) is 14.8 Å². The highest BCUT2D eigenvalue weighted by Gasteiger charge is 2.33. The van der Waals surface area contributed by atoms with Gasteiger partial charge >= 0.3 is 11.9 Å². The van der Waals surface area contributed by atoms with Gasteiger partial charge in [0, 0.05) is 11.6 Å². The van der Waals surface area contributed by atoms with Gasteiger partial charge in [-0.15, -0.1) is 0 Å². The monoisotopic (exact) mass is 389 g/mol. The van der Waals surface area contributed by atoms with Gasteiger partial charge in [0.25, 0.3) is 5.91 Å². The third-order valence-electron chi connectivity index (χ3n) is 3.48. The number of furan rings is 1. The molecule has 3 rings (SSSR count). The third-order valence-corrected chi connectivity index (χ3v) is 4.86. The number of hydrogen-bond donors (Lipinski definition) is 2. The number of aromatic carboxylic acids is 1. The Morgan fingerprint density at radius 1 is 1.15 bits per heavy atom. The minimum Gasteiger partial charge on any atom is -0.480 e. The summed E-state index contributed by atoms with van der Waals surface area (Å²) in [6.07, 6.45) is 1.50. The van der Waals surface area contributed by atoms with Crippen LogP contribution in [0.5, 0.6) is 0 Å². The van der Waals surface area contributed by atoms with Crippen molar-refractivity contribution in [2.75, 3.05) is 6.54 Å². The Labute approximate surface area is 156 Å². The van der Waals surface area contributed by atoms with Gasteiger partial charge in [-0.05, 0) is 24.3 Å². The van der Waals surface area contributed by atoms with Crippen molar-refractivity contribution in [2.45, 2.75) is 0 Å². The van der Waals surface area contributed by atoms with Crippen molar-refractivity contribution in [3.63, 3.8) is 0 Å². The standard InChI is InChI=1S/C17H11NO6S2/c19-14(20)8-18-15(21)13(26-17(18)25)7-11-5-6-12(24-11)9-1-3-10(4-2-9)16(22)23/h1-7H,8H2,(H,19,20)(H,22,23)/b13-7+. The maximum absolute atomic E-state index is 12.2. The second-order valence-electron chi connectivity index (χ2n) is 5.25. The predicted molar refractivity (Wildman–Crippen MR) is 98.6 cm³/mol. The fraction of sp³-hybridized carbons (Fsp3) is 0.0588. The summed E-state index contributed by atoms with van der Waals surface area (Å²) in [5.74, 6) is -1.73. The SMILES string of the molecule is O=C(O)CN1C(=O)/C(=C\c2ccc(-c3ccc(C(=O)O)cc3)o2)SC1=S. The van der Waals surface area contributed by atoms with Crippen LogP contribution in [0.1, 0.15) is 16.1 Å². The lowest BCUT2D eigenvalue weighted by Crippen LogP contribution is -2.33. The van der Waals surface area contributed by atoms with Gasteiger partial charge in [-0.3, -0.25) is 14.5 Å². The summed E-state index contributed by atoms with van der Waals surface area (Å²) in [6.45, 7) is -0.485. The quantitative estimate of drug-likeness (QED) is 0.594. The van der Waals surface area contributed by atoms with Crippen LogP contribution < -0.4 is 0 Å². The molecule has 1 amide bonds. The molecule has 1 saturated heterocycles. The van der Waals surface area contributed by atoms with Crippen LogP contribution in [0, 0.1) is 0 Å². The van der Waals surface area contributed by atoms with E-state index < -0.39 is 24.4 Å². The van der Waals surface area contributed by atoms with E-state index in [4.69, 9.17) is 26.8 Å². The van der Waals surface area contributed by atoms with E-state index in [1.54, 1.807) is 24.3 Å². The number of aliphatic carboxylic acids is 1. The molecule has 2 heterocycles. The lowest BCUT2D eigenvalue weighted by Gasteiger charge is -2.09. The highest BCUT2D eigenvalue weighted by molar-refractivity contribution is 8.26. The van der Waals surface area contributed by atoms with Crippen LogP contribution in [0.4, 0.5) is 0 Å². The van der Waals surface area contributed by atoms with Crippen LogP contribution in [0.15, 0.2) is 45.7 Å².